The predicted molar refractivity (Wildman–Crippen MR) is 61.8 cm³/mol. The minimum atomic E-state index is 0.0264. The number of carbonyl (C=O) groups excluding carboxylic acids is 2. The van der Waals surface area contributed by atoms with Crippen LogP contribution in [0, 0.1) is 0 Å². The average molecular weight is 238 g/mol. The summed E-state index contributed by atoms with van der Waals surface area (Å²) < 4.78 is 0. The van der Waals surface area contributed by atoms with Crippen molar-refractivity contribution < 1.29 is 9.59 Å². The summed E-state index contributed by atoms with van der Waals surface area (Å²) in [6.07, 6.45) is 2.68. The number of rotatable bonds is 2. The molecule has 1 heterocycles. The van der Waals surface area contributed by atoms with Crippen molar-refractivity contribution in [3.63, 3.8) is 0 Å². The highest BCUT2D eigenvalue weighted by Gasteiger charge is 2.22. The van der Waals surface area contributed by atoms with E-state index in [1.807, 2.05) is 0 Å². The number of likely N-dealkylation sites (N-methyl/N-ethyl adjacent to an activating group) is 1. The van der Waals surface area contributed by atoms with Gasteiger partial charge in [0.2, 0.25) is 5.91 Å². The molecule has 2 rings (SSSR count). The van der Waals surface area contributed by atoms with Crippen LogP contribution in [0.2, 0.25) is 0 Å². The molecular formula is C11H14N2O2S. The zero-order chi connectivity index (χ0) is 11.7. The van der Waals surface area contributed by atoms with Crippen LogP contribution < -0.4 is 0 Å². The zero-order valence-electron chi connectivity index (χ0n) is 9.45. The molecule has 1 aliphatic rings. The Labute approximate surface area is 98.3 Å². The molecule has 0 N–H and O–H groups in total. The third-order valence-corrected chi connectivity index (χ3v) is 3.75. The molecule has 5 heteroatoms. The Balaban J connectivity index is 2.18. The first kappa shape index (κ1) is 11.3. The zero-order valence-corrected chi connectivity index (χ0v) is 10.3. The molecule has 0 radical (unpaired) electrons. The van der Waals surface area contributed by atoms with Gasteiger partial charge in [-0.2, -0.15) is 0 Å². The average Bonchev–Trinajstić information content (AvgIpc) is 2.61. The second kappa shape index (κ2) is 4.33. The Morgan fingerprint density at radius 3 is 2.81 bits per heavy atom. The van der Waals surface area contributed by atoms with Crippen molar-refractivity contribution in [2.75, 3.05) is 14.1 Å². The van der Waals surface area contributed by atoms with Gasteiger partial charge in [-0.05, 0) is 12.8 Å². The van der Waals surface area contributed by atoms with Gasteiger partial charge in [0.1, 0.15) is 5.01 Å². The van der Waals surface area contributed by atoms with Gasteiger partial charge < -0.3 is 4.90 Å². The molecule has 4 nitrogen and oxygen atoms in total. The van der Waals surface area contributed by atoms with E-state index in [1.165, 1.54) is 11.3 Å². The van der Waals surface area contributed by atoms with Crippen LogP contribution in [0.25, 0.3) is 0 Å². The monoisotopic (exact) mass is 238 g/mol. The first-order valence-electron chi connectivity index (χ1n) is 5.30. The van der Waals surface area contributed by atoms with Gasteiger partial charge in [-0.1, -0.05) is 0 Å². The fraction of sp³-hybridized carbons (Fsp3) is 0.545. The molecule has 0 aromatic carbocycles. The van der Waals surface area contributed by atoms with Crippen molar-refractivity contribution in [2.24, 2.45) is 0 Å². The van der Waals surface area contributed by atoms with Crippen LogP contribution in [0.4, 0.5) is 0 Å². The standard InChI is InChI=1S/C11H14N2O2S/c1-13(2)10(15)6-9-12-7-4-3-5-8(14)11(7)16-9/h3-6H2,1-2H3. The van der Waals surface area contributed by atoms with Gasteiger partial charge in [-0.3, -0.25) is 9.59 Å². The quantitative estimate of drug-likeness (QED) is 0.780. The second-order valence-electron chi connectivity index (χ2n) is 4.13. The van der Waals surface area contributed by atoms with Crippen LogP contribution in [0.5, 0.6) is 0 Å². The summed E-state index contributed by atoms with van der Waals surface area (Å²) in [5.41, 5.74) is 0.891. The lowest BCUT2D eigenvalue weighted by Crippen LogP contribution is -2.23. The van der Waals surface area contributed by atoms with E-state index in [9.17, 15) is 9.59 Å². The van der Waals surface area contributed by atoms with E-state index >= 15 is 0 Å². The number of fused-ring (bicyclic) bond motifs is 1. The van der Waals surface area contributed by atoms with Crippen molar-refractivity contribution in [1.82, 2.24) is 9.88 Å². The summed E-state index contributed by atoms with van der Waals surface area (Å²) in [6.45, 7) is 0. The van der Waals surface area contributed by atoms with Crippen molar-refractivity contribution in [3.05, 3.63) is 15.6 Å². The van der Waals surface area contributed by atoms with Crippen LogP contribution in [0.15, 0.2) is 0 Å². The van der Waals surface area contributed by atoms with Crippen LogP contribution in [-0.4, -0.2) is 35.7 Å². The molecule has 1 aliphatic carbocycles. The van der Waals surface area contributed by atoms with Crippen LogP contribution in [0.3, 0.4) is 0 Å². The Hall–Kier alpha value is -1.23. The van der Waals surface area contributed by atoms with E-state index in [2.05, 4.69) is 4.98 Å². The molecule has 1 aromatic rings. The maximum Gasteiger partial charge on any atom is 0.228 e. The van der Waals surface area contributed by atoms with E-state index in [-0.39, 0.29) is 11.7 Å². The lowest BCUT2D eigenvalue weighted by atomic mass is 10.0. The first-order chi connectivity index (χ1) is 7.58. The minimum absolute atomic E-state index is 0.0264. The lowest BCUT2D eigenvalue weighted by molar-refractivity contribution is -0.127. The highest BCUT2D eigenvalue weighted by atomic mass is 32.1. The Morgan fingerprint density at radius 1 is 1.44 bits per heavy atom. The molecule has 16 heavy (non-hydrogen) atoms. The number of hydrogen-bond acceptors (Lipinski definition) is 4. The molecule has 0 spiro atoms. The summed E-state index contributed by atoms with van der Waals surface area (Å²) in [5, 5.41) is 0.763. The third kappa shape index (κ3) is 2.14. The molecule has 0 saturated carbocycles. The molecular weight excluding hydrogens is 224 g/mol. The first-order valence-corrected chi connectivity index (χ1v) is 6.11. The van der Waals surface area contributed by atoms with Crippen molar-refractivity contribution in [2.45, 2.75) is 25.7 Å². The number of hydrogen-bond donors (Lipinski definition) is 0. The van der Waals surface area contributed by atoms with Crippen molar-refractivity contribution in [3.8, 4) is 0 Å². The number of aryl methyl sites for hydroxylation is 1. The Bertz CT molecular complexity index is 437. The Morgan fingerprint density at radius 2 is 2.19 bits per heavy atom. The summed E-state index contributed by atoms with van der Waals surface area (Å²) in [6, 6.07) is 0. The maximum atomic E-state index is 11.6. The van der Waals surface area contributed by atoms with Gasteiger partial charge in [0.25, 0.3) is 0 Å². The summed E-state index contributed by atoms with van der Waals surface area (Å²) in [7, 11) is 3.45. The molecule has 1 aromatic heterocycles. The lowest BCUT2D eigenvalue weighted by Gasteiger charge is -2.07. The number of nitrogens with zero attached hydrogens (tertiary/aromatic N) is 2. The minimum Gasteiger partial charge on any atom is -0.348 e. The molecule has 0 bridgehead atoms. The van der Waals surface area contributed by atoms with Gasteiger partial charge in [-0.15, -0.1) is 11.3 Å². The van der Waals surface area contributed by atoms with Crippen molar-refractivity contribution >= 4 is 23.0 Å². The van der Waals surface area contributed by atoms with Crippen LogP contribution >= 0.6 is 11.3 Å². The van der Waals surface area contributed by atoms with Crippen molar-refractivity contribution in [1.29, 1.82) is 0 Å². The van der Waals surface area contributed by atoms with E-state index in [1.54, 1.807) is 19.0 Å². The van der Waals surface area contributed by atoms with Crippen LogP contribution in [-0.2, 0) is 17.6 Å². The predicted octanol–water partition coefficient (Wildman–Crippen LogP) is 1.29. The SMILES string of the molecule is CN(C)C(=O)Cc1nc2c(s1)C(=O)CCC2. The number of carbonyl (C=O) groups is 2. The fourth-order valence-corrected chi connectivity index (χ4v) is 2.75. The van der Waals surface area contributed by atoms with Gasteiger partial charge in [0.05, 0.1) is 17.0 Å². The number of ketones is 1. The molecule has 0 saturated heterocycles. The maximum absolute atomic E-state index is 11.6. The van der Waals surface area contributed by atoms with Crippen LogP contribution in [0.1, 0.15) is 33.2 Å². The highest BCUT2D eigenvalue weighted by molar-refractivity contribution is 7.14. The molecule has 0 unspecified atom stereocenters. The second-order valence-corrected chi connectivity index (χ2v) is 5.21. The van der Waals surface area contributed by atoms with E-state index < -0.39 is 0 Å². The normalized spacial score (nSPS) is 14.8. The van der Waals surface area contributed by atoms with E-state index in [0.29, 0.717) is 12.8 Å². The van der Waals surface area contributed by atoms with Gasteiger partial charge in [0.15, 0.2) is 5.78 Å². The topological polar surface area (TPSA) is 50.3 Å². The third-order valence-electron chi connectivity index (χ3n) is 2.61. The number of aromatic nitrogens is 1. The number of thiazole rings is 1. The molecule has 1 amide bonds. The number of amides is 1. The highest BCUT2D eigenvalue weighted by Crippen LogP contribution is 2.27. The number of Topliss-reactive ketones (excluding diaryl/α,β-unsaturated/α-hetero) is 1. The van der Waals surface area contributed by atoms with Gasteiger partial charge >= 0.3 is 0 Å². The van der Waals surface area contributed by atoms with Gasteiger partial charge in [0, 0.05) is 20.5 Å². The fourth-order valence-electron chi connectivity index (χ4n) is 1.68. The molecule has 0 aliphatic heterocycles. The largest absolute Gasteiger partial charge is 0.348 e. The molecule has 0 fully saturated rings. The Kier molecular flexibility index (Phi) is 3.05. The molecule has 0 atom stereocenters. The van der Waals surface area contributed by atoms with E-state index in [4.69, 9.17) is 0 Å². The summed E-state index contributed by atoms with van der Waals surface area (Å²) >= 11 is 1.38. The summed E-state index contributed by atoms with van der Waals surface area (Å²) in [4.78, 5) is 29.8. The summed E-state index contributed by atoms with van der Waals surface area (Å²) in [5.74, 6) is 0.209. The van der Waals surface area contributed by atoms with Gasteiger partial charge in [-0.25, -0.2) is 4.98 Å². The molecule has 86 valence electrons. The van der Waals surface area contributed by atoms with E-state index in [0.717, 1.165) is 28.4 Å². The smallest absolute Gasteiger partial charge is 0.228 e.